The molecule has 2 aromatic rings. The number of nitrogens with two attached hydrogens (primary N) is 1. The summed E-state index contributed by atoms with van der Waals surface area (Å²) in [6, 6.07) is 6.76. The van der Waals surface area contributed by atoms with Gasteiger partial charge in [0.25, 0.3) is 0 Å². The molecule has 0 saturated heterocycles. The van der Waals surface area contributed by atoms with Crippen LogP contribution in [0.2, 0.25) is 0 Å². The summed E-state index contributed by atoms with van der Waals surface area (Å²) in [5.74, 6) is 0.170. The van der Waals surface area contributed by atoms with E-state index in [1.54, 1.807) is 0 Å². The number of benzene rings is 1. The molecule has 0 saturated carbocycles. The highest BCUT2D eigenvalue weighted by Gasteiger charge is 2.30. The number of hydrogen-bond acceptors (Lipinski definition) is 3. The van der Waals surface area contributed by atoms with E-state index in [-0.39, 0.29) is 12.3 Å². The zero-order valence-electron chi connectivity index (χ0n) is 10.8. The molecule has 20 heavy (non-hydrogen) atoms. The second-order valence-corrected chi connectivity index (χ2v) is 5.28. The fourth-order valence-electron chi connectivity index (χ4n) is 1.83. The third kappa shape index (κ3) is 3.32. The van der Waals surface area contributed by atoms with Crippen molar-refractivity contribution in [2.75, 3.05) is 6.54 Å². The first-order valence-electron chi connectivity index (χ1n) is 6.00. The molecule has 0 bridgehead atoms. The Morgan fingerprint density at radius 2 is 2.05 bits per heavy atom. The highest BCUT2D eigenvalue weighted by atomic mass is 32.1. The summed E-state index contributed by atoms with van der Waals surface area (Å²) >= 11 is 1.48. The first-order chi connectivity index (χ1) is 9.41. The third-order valence-corrected chi connectivity index (χ3v) is 3.96. The van der Waals surface area contributed by atoms with Gasteiger partial charge in [-0.1, -0.05) is 6.07 Å². The molecular formula is C14H14F3NOS. The van der Waals surface area contributed by atoms with Crippen molar-refractivity contribution >= 4 is 11.3 Å². The molecule has 1 aromatic heterocycles. The van der Waals surface area contributed by atoms with Gasteiger partial charge in [0.15, 0.2) is 0 Å². The van der Waals surface area contributed by atoms with Gasteiger partial charge < -0.3 is 10.5 Å². The molecule has 0 aliphatic carbocycles. The third-order valence-electron chi connectivity index (χ3n) is 2.85. The van der Waals surface area contributed by atoms with Crippen LogP contribution in [0.1, 0.15) is 22.1 Å². The van der Waals surface area contributed by atoms with Crippen molar-refractivity contribution in [2.24, 2.45) is 5.73 Å². The minimum Gasteiger partial charge on any atom is -0.484 e. The van der Waals surface area contributed by atoms with Crippen molar-refractivity contribution in [1.29, 1.82) is 0 Å². The topological polar surface area (TPSA) is 35.2 Å². The van der Waals surface area contributed by atoms with Crippen molar-refractivity contribution < 1.29 is 17.9 Å². The molecule has 0 fully saturated rings. The van der Waals surface area contributed by atoms with Gasteiger partial charge in [0.1, 0.15) is 11.9 Å². The van der Waals surface area contributed by atoms with E-state index < -0.39 is 17.8 Å². The smallest absolute Gasteiger partial charge is 0.416 e. The van der Waals surface area contributed by atoms with E-state index in [1.807, 2.05) is 18.4 Å². The Bertz CT molecular complexity index is 580. The minimum atomic E-state index is -4.38. The van der Waals surface area contributed by atoms with E-state index in [1.165, 1.54) is 23.5 Å². The number of rotatable bonds is 4. The number of alkyl halides is 3. The summed E-state index contributed by atoms with van der Waals surface area (Å²) in [6.45, 7) is 2.13. The molecule has 2 N–H and O–H groups in total. The van der Waals surface area contributed by atoms with Crippen molar-refractivity contribution in [3.05, 3.63) is 51.7 Å². The Labute approximate surface area is 119 Å². The Morgan fingerprint density at radius 1 is 1.30 bits per heavy atom. The van der Waals surface area contributed by atoms with E-state index in [0.717, 1.165) is 22.6 Å². The largest absolute Gasteiger partial charge is 0.484 e. The van der Waals surface area contributed by atoms with Gasteiger partial charge in [0, 0.05) is 11.4 Å². The molecule has 2 rings (SSSR count). The van der Waals surface area contributed by atoms with Crippen LogP contribution in [0.4, 0.5) is 13.2 Å². The molecule has 1 heterocycles. The zero-order valence-corrected chi connectivity index (χ0v) is 11.6. The quantitative estimate of drug-likeness (QED) is 0.920. The summed E-state index contributed by atoms with van der Waals surface area (Å²) in [7, 11) is 0. The van der Waals surface area contributed by atoms with Crippen molar-refractivity contribution in [1.82, 2.24) is 0 Å². The maximum absolute atomic E-state index is 12.6. The standard InChI is InChI=1S/C14H14F3NOS/c1-9-5-6-20-13(9)12(8-18)19-11-4-2-3-10(7-11)14(15,16)17/h2-7,12H,8,18H2,1H3. The van der Waals surface area contributed by atoms with Crippen LogP contribution in [0.5, 0.6) is 5.75 Å². The maximum Gasteiger partial charge on any atom is 0.416 e. The second-order valence-electron chi connectivity index (χ2n) is 4.34. The van der Waals surface area contributed by atoms with Gasteiger partial charge in [-0.05, 0) is 42.1 Å². The number of aryl methyl sites for hydroxylation is 1. The number of halogens is 3. The average molecular weight is 301 g/mol. The van der Waals surface area contributed by atoms with Gasteiger partial charge in [-0.3, -0.25) is 0 Å². The molecular weight excluding hydrogens is 287 g/mol. The van der Waals surface area contributed by atoms with Gasteiger partial charge in [-0.15, -0.1) is 11.3 Å². The zero-order chi connectivity index (χ0) is 14.8. The predicted molar refractivity (Wildman–Crippen MR) is 72.9 cm³/mol. The highest BCUT2D eigenvalue weighted by Crippen LogP contribution is 2.33. The fraction of sp³-hybridized carbons (Fsp3) is 0.286. The summed E-state index contributed by atoms with van der Waals surface area (Å²) in [6.07, 6.45) is -4.81. The van der Waals surface area contributed by atoms with Crippen LogP contribution in [0.25, 0.3) is 0 Å². The molecule has 0 radical (unpaired) electrons. The van der Waals surface area contributed by atoms with Crippen LogP contribution >= 0.6 is 11.3 Å². The van der Waals surface area contributed by atoms with E-state index in [0.29, 0.717) is 0 Å². The molecule has 1 atom stereocenters. The number of thiophene rings is 1. The van der Waals surface area contributed by atoms with E-state index in [4.69, 9.17) is 10.5 Å². The fourth-order valence-corrected chi connectivity index (χ4v) is 2.80. The Balaban J connectivity index is 2.23. The van der Waals surface area contributed by atoms with Gasteiger partial charge in [0.2, 0.25) is 0 Å². The van der Waals surface area contributed by atoms with Crippen LogP contribution in [0.3, 0.4) is 0 Å². The van der Waals surface area contributed by atoms with Crippen LogP contribution in [0, 0.1) is 6.92 Å². The van der Waals surface area contributed by atoms with Gasteiger partial charge in [-0.2, -0.15) is 13.2 Å². The van der Waals surface area contributed by atoms with Crippen molar-refractivity contribution in [3.63, 3.8) is 0 Å². The molecule has 108 valence electrons. The SMILES string of the molecule is Cc1ccsc1C(CN)Oc1cccc(C(F)(F)F)c1. The summed E-state index contributed by atoms with van der Waals surface area (Å²) in [5.41, 5.74) is 5.96. The monoisotopic (exact) mass is 301 g/mol. The van der Waals surface area contributed by atoms with Crippen LogP contribution < -0.4 is 10.5 Å². The first-order valence-corrected chi connectivity index (χ1v) is 6.87. The molecule has 0 aliphatic rings. The van der Waals surface area contributed by atoms with Gasteiger partial charge >= 0.3 is 6.18 Å². The molecule has 0 amide bonds. The predicted octanol–water partition coefficient (Wildman–Crippen LogP) is 4.15. The lowest BCUT2D eigenvalue weighted by Crippen LogP contribution is -2.18. The van der Waals surface area contributed by atoms with Crippen molar-refractivity contribution in [2.45, 2.75) is 19.2 Å². The van der Waals surface area contributed by atoms with Gasteiger partial charge in [0.05, 0.1) is 5.56 Å². The molecule has 2 nitrogen and oxygen atoms in total. The van der Waals surface area contributed by atoms with Gasteiger partial charge in [-0.25, -0.2) is 0 Å². The summed E-state index contributed by atoms with van der Waals surface area (Å²) in [4.78, 5) is 0.935. The molecule has 0 spiro atoms. The summed E-state index contributed by atoms with van der Waals surface area (Å²) < 4.78 is 43.5. The normalized spacial score (nSPS) is 13.2. The Morgan fingerprint density at radius 3 is 2.60 bits per heavy atom. The maximum atomic E-state index is 12.6. The Hall–Kier alpha value is -1.53. The van der Waals surface area contributed by atoms with Crippen LogP contribution in [-0.4, -0.2) is 6.54 Å². The Kier molecular flexibility index (Phi) is 4.35. The molecule has 1 aromatic carbocycles. The molecule has 6 heteroatoms. The lowest BCUT2D eigenvalue weighted by atomic mass is 10.2. The molecule has 0 aliphatic heterocycles. The van der Waals surface area contributed by atoms with E-state index in [2.05, 4.69) is 0 Å². The van der Waals surface area contributed by atoms with Crippen LogP contribution in [-0.2, 0) is 6.18 Å². The highest BCUT2D eigenvalue weighted by molar-refractivity contribution is 7.10. The lowest BCUT2D eigenvalue weighted by molar-refractivity contribution is -0.137. The lowest BCUT2D eigenvalue weighted by Gasteiger charge is -2.18. The van der Waals surface area contributed by atoms with E-state index in [9.17, 15) is 13.2 Å². The van der Waals surface area contributed by atoms with Crippen LogP contribution in [0.15, 0.2) is 35.7 Å². The number of ether oxygens (including phenoxy) is 1. The summed E-state index contributed by atoms with van der Waals surface area (Å²) in [5, 5.41) is 1.91. The minimum absolute atomic E-state index is 0.170. The van der Waals surface area contributed by atoms with Crippen molar-refractivity contribution in [3.8, 4) is 5.75 Å². The second kappa shape index (κ2) is 5.85. The number of hydrogen-bond donors (Lipinski definition) is 1. The van der Waals surface area contributed by atoms with E-state index >= 15 is 0 Å². The first kappa shape index (κ1) is 14.9. The average Bonchev–Trinajstić information content (AvgIpc) is 2.81. The molecule has 1 unspecified atom stereocenters.